The smallest absolute Gasteiger partial charge is 0.341 e. The number of rotatable bonds is 5. The van der Waals surface area contributed by atoms with E-state index in [1.54, 1.807) is 18.9 Å². The molecule has 1 aliphatic rings. The van der Waals surface area contributed by atoms with E-state index in [9.17, 15) is 22.8 Å². The first kappa shape index (κ1) is 22.2. The first-order valence-electron chi connectivity index (χ1n) is 9.44. The maximum absolute atomic E-state index is 13.1. The van der Waals surface area contributed by atoms with E-state index in [-0.39, 0.29) is 18.1 Å². The molecule has 1 saturated heterocycles. The number of carbonyl (C=O) groups is 2. The number of halogens is 3. The summed E-state index contributed by atoms with van der Waals surface area (Å²) in [5, 5.41) is 2.31. The fourth-order valence-corrected chi connectivity index (χ4v) is 3.69. The standard InChI is InChI=1S/C20H28F3N3O2/c1-13-9-14(2)11-26(10-13)19(28)15(3)25(4)12-18(27)24-17-8-6-5-7-16(17)20(21,22)23/h5-8,13-15H,9-12H2,1-4H3,(H,24,27)/t13-,14+,15-/m1/s1. The minimum absolute atomic E-state index is 0.0654. The van der Waals surface area contributed by atoms with Crippen LogP contribution < -0.4 is 5.32 Å². The molecule has 1 aromatic carbocycles. The molecule has 1 N–H and O–H groups in total. The normalized spacial score (nSPS) is 21.5. The number of piperidine rings is 1. The summed E-state index contributed by atoms with van der Waals surface area (Å²) in [5.74, 6) is 0.184. The second-order valence-corrected chi connectivity index (χ2v) is 7.87. The van der Waals surface area contributed by atoms with E-state index in [2.05, 4.69) is 19.2 Å². The lowest BCUT2D eigenvalue weighted by Gasteiger charge is -2.38. The number of benzene rings is 1. The molecular weight excluding hydrogens is 371 g/mol. The minimum Gasteiger partial charge on any atom is -0.341 e. The van der Waals surface area contributed by atoms with E-state index in [1.165, 1.54) is 18.2 Å². The first-order chi connectivity index (χ1) is 13.0. The number of hydrogen-bond acceptors (Lipinski definition) is 3. The summed E-state index contributed by atoms with van der Waals surface area (Å²) in [5.41, 5.74) is -1.18. The van der Waals surface area contributed by atoms with Crippen LogP contribution >= 0.6 is 0 Å². The predicted octanol–water partition coefficient (Wildman–Crippen LogP) is 3.47. The van der Waals surface area contributed by atoms with Gasteiger partial charge in [0.2, 0.25) is 11.8 Å². The first-order valence-corrected chi connectivity index (χ1v) is 9.44. The van der Waals surface area contributed by atoms with Crippen LogP contribution in [0.4, 0.5) is 18.9 Å². The van der Waals surface area contributed by atoms with E-state index >= 15 is 0 Å². The highest BCUT2D eigenvalue weighted by atomic mass is 19.4. The lowest BCUT2D eigenvalue weighted by atomic mass is 9.91. The van der Waals surface area contributed by atoms with Gasteiger partial charge >= 0.3 is 6.18 Å². The Morgan fingerprint density at radius 2 is 1.79 bits per heavy atom. The summed E-state index contributed by atoms with van der Waals surface area (Å²) < 4.78 is 39.2. The van der Waals surface area contributed by atoms with Gasteiger partial charge in [-0.3, -0.25) is 14.5 Å². The maximum Gasteiger partial charge on any atom is 0.418 e. The number of carbonyl (C=O) groups excluding carboxylic acids is 2. The minimum atomic E-state index is -4.55. The third-order valence-corrected chi connectivity index (χ3v) is 5.10. The summed E-state index contributed by atoms with van der Waals surface area (Å²) in [6.07, 6.45) is -3.48. The van der Waals surface area contributed by atoms with Gasteiger partial charge in [-0.15, -0.1) is 0 Å². The molecular formula is C20H28F3N3O2. The third-order valence-electron chi connectivity index (χ3n) is 5.10. The number of nitrogens with one attached hydrogen (secondary N) is 1. The highest BCUT2D eigenvalue weighted by molar-refractivity contribution is 5.93. The van der Waals surface area contributed by atoms with Crippen LogP contribution in [-0.2, 0) is 15.8 Å². The Bertz CT molecular complexity index is 698. The average Bonchev–Trinajstić information content (AvgIpc) is 2.59. The van der Waals surface area contributed by atoms with Gasteiger partial charge in [0.05, 0.1) is 23.8 Å². The van der Waals surface area contributed by atoms with Crippen molar-refractivity contribution >= 4 is 17.5 Å². The van der Waals surface area contributed by atoms with Crippen LogP contribution in [-0.4, -0.2) is 54.3 Å². The number of anilines is 1. The molecule has 2 rings (SSSR count). The molecule has 3 atom stereocenters. The van der Waals surface area contributed by atoms with Gasteiger partial charge in [0, 0.05) is 13.1 Å². The third kappa shape index (κ3) is 5.70. The number of likely N-dealkylation sites (N-methyl/N-ethyl adjacent to an activating group) is 1. The van der Waals surface area contributed by atoms with Gasteiger partial charge < -0.3 is 10.2 Å². The fraction of sp³-hybridized carbons (Fsp3) is 0.600. The zero-order valence-electron chi connectivity index (χ0n) is 16.7. The molecule has 1 heterocycles. The van der Waals surface area contributed by atoms with Crippen molar-refractivity contribution in [3.63, 3.8) is 0 Å². The highest BCUT2D eigenvalue weighted by Gasteiger charge is 2.34. The molecule has 28 heavy (non-hydrogen) atoms. The van der Waals surface area contributed by atoms with E-state index in [0.29, 0.717) is 24.9 Å². The number of para-hydroxylation sites is 1. The Kier molecular flexibility index (Phi) is 7.09. The van der Waals surface area contributed by atoms with Gasteiger partial charge in [0.15, 0.2) is 0 Å². The molecule has 1 fully saturated rings. The molecule has 0 bridgehead atoms. The van der Waals surface area contributed by atoms with Crippen molar-refractivity contribution in [2.75, 3.05) is 32.0 Å². The zero-order chi connectivity index (χ0) is 21.1. The number of nitrogens with zero attached hydrogens (tertiary/aromatic N) is 2. The van der Waals surface area contributed by atoms with Crippen LogP contribution in [0.15, 0.2) is 24.3 Å². The Labute approximate surface area is 163 Å². The van der Waals surface area contributed by atoms with Crippen LogP contribution in [0.5, 0.6) is 0 Å². The molecule has 0 aromatic heterocycles. The zero-order valence-corrected chi connectivity index (χ0v) is 16.7. The monoisotopic (exact) mass is 399 g/mol. The molecule has 8 heteroatoms. The van der Waals surface area contributed by atoms with Crippen molar-refractivity contribution in [3.05, 3.63) is 29.8 Å². The van der Waals surface area contributed by atoms with Gasteiger partial charge in [-0.25, -0.2) is 0 Å². The lowest BCUT2D eigenvalue weighted by Crippen LogP contribution is -2.51. The second kappa shape index (κ2) is 8.94. The Morgan fingerprint density at radius 1 is 1.21 bits per heavy atom. The summed E-state index contributed by atoms with van der Waals surface area (Å²) in [4.78, 5) is 28.4. The largest absolute Gasteiger partial charge is 0.418 e. The molecule has 0 saturated carbocycles. The molecule has 0 radical (unpaired) electrons. The topological polar surface area (TPSA) is 52.7 Å². The van der Waals surface area contributed by atoms with Gasteiger partial charge in [0.25, 0.3) is 0 Å². The maximum atomic E-state index is 13.1. The van der Waals surface area contributed by atoms with Crippen molar-refractivity contribution in [1.82, 2.24) is 9.80 Å². The average molecular weight is 399 g/mol. The number of likely N-dealkylation sites (tertiary alicyclic amines) is 1. The summed E-state index contributed by atoms with van der Waals surface area (Å²) in [7, 11) is 1.62. The number of amides is 2. The summed E-state index contributed by atoms with van der Waals surface area (Å²) >= 11 is 0. The summed E-state index contributed by atoms with van der Waals surface area (Å²) in [6, 6.07) is 4.29. The van der Waals surface area contributed by atoms with Crippen molar-refractivity contribution in [2.24, 2.45) is 11.8 Å². The van der Waals surface area contributed by atoms with Crippen LogP contribution in [0.2, 0.25) is 0 Å². The van der Waals surface area contributed by atoms with Gasteiger partial charge in [-0.05, 0) is 44.4 Å². The van der Waals surface area contributed by atoms with Gasteiger partial charge in [-0.2, -0.15) is 13.2 Å². The Balaban J connectivity index is 1.98. The van der Waals surface area contributed by atoms with E-state index in [4.69, 9.17) is 0 Å². The number of alkyl halides is 3. The highest BCUT2D eigenvalue weighted by Crippen LogP contribution is 2.34. The van der Waals surface area contributed by atoms with Crippen molar-refractivity contribution in [2.45, 2.75) is 39.4 Å². The van der Waals surface area contributed by atoms with Crippen LogP contribution in [0.25, 0.3) is 0 Å². The SMILES string of the molecule is C[C@@H]1C[C@H](C)CN(C(=O)[C@@H](C)N(C)CC(=O)Nc2ccccc2C(F)(F)F)C1. The summed E-state index contributed by atoms with van der Waals surface area (Å²) in [6.45, 7) is 7.12. The van der Waals surface area contributed by atoms with Crippen LogP contribution in [0, 0.1) is 11.8 Å². The number of hydrogen-bond donors (Lipinski definition) is 1. The molecule has 0 unspecified atom stereocenters. The van der Waals surface area contributed by atoms with Crippen LogP contribution in [0.1, 0.15) is 32.8 Å². The Hall–Kier alpha value is -2.09. The quantitative estimate of drug-likeness (QED) is 0.825. The van der Waals surface area contributed by atoms with E-state index in [1.807, 2.05) is 4.90 Å². The van der Waals surface area contributed by atoms with Crippen molar-refractivity contribution in [3.8, 4) is 0 Å². The predicted molar refractivity (Wildman–Crippen MR) is 102 cm³/mol. The molecule has 156 valence electrons. The molecule has 2 amide bonds. The van der Waals surface area contributed by atoms with Gasteiger partial charge in [0.1, 0.15) is 0 Å². The molecule has 0 aliphatic carbocycles. The molecule has 5 nitrogen and oxygen atoms in total. The molecule has 0 spiro atoms. The van der Waals surface area contributed by atoms with Gasteiger partial charge in [-0.1, -0.05) is 26.0 Å². The lowest BCUT2D eigenvalue weighted by molar-refractivity contribution is -0.139. The molecule has 1 aliphatic heterocycles. The fourth-order valence-electron chi connectivity index (χ4n) is 3.69. The van der Waals surface area contributed by atoms with Crippen molar-refractivity contribution < 1.29 is 22.8 Å². The second-order valence-electron chi connectivity index (χ2n) is 7.87. The van der Waals surface area contributed by atoms with E-state index < -0.39 is 23.7 Å². The van der Waals surface area contributed by atoms with Crippen molar-refractivity contribution in [1.29, 1.82) is 0 Å². The molecule has 1 aromatic rings. The van der Waals surface area contributed by atoms with E-state index in [0.717, 1.165) is 12.5 Å². The van der Waals surface area contributed by atoms with Crippen LogP contribution in [0.3, 0.4) is 0 Å². The Morgan fingerprint density at radius 3 is 2.36 bits per heavy atom.